The standard InChI is InChI=1S/C12H7Cl3O2.C6H6O/c13-7-1-3-11(9(15)5-7)17-12-4-2-8(14)6-10(12)16;7-6-4-2-1-3-5-6/h1-6,16H;1-5,7H. The first kappa shape index (κ1) is 18.3. The van der Waals surface area contributed by atoms with Gasteiger partial charge >= 0.3 is 0 Å². The van der Waals surface area contributed by atoms with Crippen LogP contribution in [0.2, 0.25) is 15.1 Å². The third-order valence-electron chi connectivity index (χ3n) is 2.79. The average molecular weight is 384 g/mol. The number of phenolic OH excluding ortho intramolecular Hbond substituents is 2. The van der Waals surface area contributed by atoms with Gasteiger partial charge in [-0.05, 0) is 42.5 Å². The molecule has 0 fully saturated rings. The molecule has 0 radical (unpaired) electrons. The van der Waals surface area contributed by atoms with Gasteiger partial charge in [0.1, 0.15) is 11.5 Å². The number of ether oxygens (including phenoxy) is 1. The Kier molecular flexibility index (Phi) is 6.62. The third kappa shape index (κ3) is 5.53. The maximum atomic E-state index is 9.62. The van der Waals surface area contributed by atoms with Crippen molar-refractivity contribution >= 4 is 34.8 Å². The van der Waals surface area contributed by atoms with E-state index >= 15 is 0 Å². The van der Waals surface area contributed by atoms with E-state index in [2.05, 4.69) is 0 Å². The van der Waals surface area contributed by atoms with Gasteiger partial charge in [0, 0.05) is 16.1 Å². The van der Waals surface area contributed by atoms with Crippen LogP contribution in [0.1, 0.15) is 0 Å². The molecule has 0 saturated carbocycles. The summed E-state index contributed by atoms with van der Waals surface area (Å²) in [6, 6.07) is 18.1. The quantitative estimate of drug-likeness (QED) is 0.528. The Morgan fingerprint density at radius 1 is 0.667 bits per heavy atom. The molecule has 0 saturated heterocycles. The molecule has 3 aromatic rings. The fourth-order valence-corrected chi connectivity index (χ4v) is 2.29. The number of para-hydroxylation sites is 1. The van der Waals surface area contributed by atoms with Crippen molar-refractivity contribution in [3.8, 4) is 23.0 Å². The minimum atomic E-state index is -0.0523. The maximum Gasteiger partial charge on any atom is 0.169 e. The molecule has 124 valence electrons. The van der Waals surface area contributed by atoms with Crippen LogP contribution in [0.5, 0.6) is 23.0 Å². The molecule has 6 heteroatoms. The highest BCUT2D eigenvalue weighted by molar-refractivity contribution is 6.35. The van der Waals surface area contributed by atoms with Gasteiger partial charge in [0.25, 0.3) is 0 Å². The van der Waals surface area contributed by atoms with Gasteiger partial charge < -0.3 is 14.9 Å². The zero-order chi connectivity index (χ0) is 17.5. The van der Waals surface area contributed by atoms with Crippen molar-refractivity contribution in [2.24, 2.45) is 0 Å². The lowest BCUT2D eigenvalue weighted by atomic mass is 10.3. The van der Waals surface area contributed by atoms with E-state index in [9.17, 15) is 5.11 Å². The summed E-state index contributed by atoms with van der Waals surface area (Å²) in [5.74, 6) is 0.957. The second-order valence-corrected chi connectivity index (χ2v) is 5.90. The van der Waals surface area contributed by atoms with Crippen LogP contribution in [0, 0.1) is 0 Å². The van der Waals surface area contributed by atoms with Crippen LogP contribution in [-0.2, 0) is 0 Å². The smallest absolute Gasteiger partial charge is 0.169 e. The summed E-state index contributed by atoms with van der Waals surface area (Å²) in [6.45, 7) is 0. The molecule has 24 heavy (non-hydrogen) atoms. The maximum absolute atomic E-state index is 9.62. The van der Waals surface area contributed by atoms with E-state index in [0.29, 0.717) is 26.6 Å². The van der Waals surface area contributed by atoms with Gasteiger partial charge in [-0.15, -0.1) is 0 Å². The molecule has 0 bridgehead atoms. The van der Waals surface area contributed by atoms with Crippen molar-refractivity contribution in [1.29, 1.82) is 0 Å². The highest BCUT2D eigenvalue weighted by atomic mass is 35.5. The topological polar surface area (TPSA) is 49.7 Å². The van der Waals surface area contributed by atoms with Crippen molar-refractivity contribution in [3.05, 3.63) is 81.8 Å². The average Bonchev–Trinajstić information content (AvgIpc) is 2.54. The summed E-state index contributed by atoms with van der Waals surface area (Å²) in [5, 5.41) is 19.6. The second-order valence-electron chi connectivity index (χ2n) is 4.62. The Morgan fingerprint density at radius 3 is 1.75 bits per heavy atom. The predicted molar refractivity (Wildman–Crippen MR) is 97.8 cm³/mol. The molecular weight excluding hydrogens is 371 g/mol. The SMILES string of the molecule is Oc1cc(Cl)ccc1Oc1ccc(Cl)cc1Cl.Oc1ccccc1. The van der Waals surface area contributed by atoms with Gasteiger partial charge in [-0.2, -0.15) is 0 Å². The zero-order valence-corrected chi connectivity index (χ0v) is 14.6. The molecule has 0 unspecified atom stereocenters. The molecule has 0 aliphatic carbocycles. The number of hydrogen-bond acceptors (Lipinski definition) is 3. The molecular formula is C18H13Cl3O3. The Labute approximate surface area is 154 Å². The van der Waals surface area contributed by atoms with Gasteiger partial charge in [0.15, 0.2) is 11.5 Å². The summed E-state index contributed by atoms with van der Waals surface area (Å²) in [6.07, 6.45) is 0. The van der Waals surface area contributed by atoms with Crippen molar-refractivity contribution in [3.63, 3.8) is 0 Å². The minimum Gasteiger partial charge on any atom is -0.508 e. The highest BCUT2D eigenvalue weighted by Crippen LogP contribution is 2.36. The lowest BCUT2D eigenvalue weighted by molar-refractivity contribution is 0.411. The van der Waals surface area contributed by atoms with E-state index in [1.54, 1.807) is 54.6 Å². The molecule has 3 rings (SSSR count). The van der Waals surface area contributed by atoms with Crippen LogP contribution < -0.4 is 4.74 Å². The fraction of sp³-hybridized carbons (Fsp3) is 0. The summed E-state index contributed by atoms with van der Waals surface area (Å²) in [5.41, 5.74) is 0. The monoisotopic (exact) mass is 382 g/mol. The number of hydrogen-bond donors (Lipinski definition) is 2. The minimum absolute atomic E-state index is 0.0523. The number of halogens is 3. The number of phenols is 2. The van der Waals surface area contributed by atoms with Crippen LogP contribution in [0.4, 0.5) is 0 Å². The first-order chi connectivity index (χ1) is 11.5. The summed E-state index contributed by atoms with van der Waals surface area (Å²) in [4.78, 5) is 0. The van der Waals surface area contributed by atoms with Crippen molar-refractivity contribution in [2.45, 2.75) is 0 Å². The molecule has 2 N–H and O–H groups in total. The Hall–Kier alpha value is -2.07. The highest BCUT2D eigenvalue weighted by Gasteiger charge is 2.08. The number of aromatic hydroxyl groups is 2. The molecule has 0 atom stereocenters. The fourth-order valence-electron chi connectivity index (χ4n) is 1.68. The van der Waals surface area contributed by atoms with Gasteiger partial charge in [-0.3, -0.25) is 0 Å². The summed E-state index contributed by atoms with van der Waals surface area (Å²) in [7, 11) is 0. The van der Waals surface area contributed by atoms with Crippen molar-refractivity contribution < 1.29 is 14.9 Å². The van der Waals surface area contributed by atoms with Gasteiger partial charge in [-0.1, -0.05) is 53.0 Å². The molecule has 0 spiro atoms. The van der Waals surface area contributed by atoms with E-state index in [0.717, 1.165) is 0 Å². The molecule has 0 amide bonds. The van der Waals surface area contributed by atoms with Crippen LogP contribution in [0.15, 0.2) is 66.7 Å². The number of benzene rings is 3. The number of rotatable bonds is 2. The van der Waals surface area contributed by atoms with E-state index in [-0.39, 0.29) is 11.5 Å². The van der Waals surface area contributed by atoms with E-state index < -0.39 is 0 Å². The first-order valence-corrected chi connectivity index (χ1v) is 7.94. The summed E-state index contributed by atoms with van der Waals surface area (Å²) < 4.78 is 5.45. The van der Waals surface area contributed by atoms with Crippen molar-refractivity contribution in [2.75, 3.05) is 0 Å². The lowest BCUT2D eigenvalue weighted by Crippen LogP contribution is -1.86. The normalized spacial score (nSPS) is 9.79. The molecule has 3 nitrogen and oxygen atoms in total. The van der Waals surface area contributed by atoms with Gasteiger partial charge in [0.2, 0.25) is 0 Å². The Morgan fingerprint density at radius 2 is 1.25 bits per heavy atom. The third-order valence-corrected chi connectivity index (χ3v) is 3.56. The first-order valence-electron chi connectivity index (χ1n) is 6.81. The van der Waals surface area contributed by atoms with E-state index in [1.807, 2.05) is 6.07 Å². The second kappa shape index (κ2) is 8.69. The van der Waals surface area contributed by atoms with Crippen molar-refractivity contribution in [1.82, 2.24) is 0 Å². The van der Waals surface area contributed by atoms with E-state index in [4.69, 9.17) is 44.6 Å². The van der Waals surface area contributed by atoms with Crippen LogP contribution in [0.3, 0.4) is 0 Å². The molecule has 0 aliphatic heterocycles. The molecule has 0 aliphatic rings. The lowest BCUT2D eigenvalue weighted by Gasteiger charge is -2.09. The predicted octanol–water partition coefficient (Wildman–Crippen LogP) is 6.54. The van der Waals surface area contributed by atoms with Gasteiger partial charge in [0.05, 0.1) is 5.02 Å². The Balaban J connectivity index is 0.000000249. The van der Waals surface area contributed by atoms with Crippen LogP contribution in [-0.4, -0.2) is 10.2 Å². The molecule has 0 heterocycles. The van der Waals surface area contributed by atoms with Crippen LogP contribution >= 0.6 is 34.8 Å². The zero-order valence-electron chi connectivity index (χ0n) is 12.3. The largest absolute Gasteiger partial charge is 0.508 e. The summed E-state index contributed by atoms with van der Waals surface area (Å²) >= 11 is 17.4. The van der Waals surface area contributed by atoms with Gasteiger partial charge in [-0.25, -0.2) is 0 Å². The van der Waals surface area contributed by atoms with Crippen LogP contribution in [0.25, 0.3) is 0 Å². The van der Waals surface area contributed by atoms with E-state index in [1.165, 1.54) is 6.07 Å². The Bertz CT molecular complexity index is 758. The molecule has 0 aromatic heterocycles. The molecule has 3 aromatic carbocycles.